The molecule has 132 valence electrons. The van der Waals surface area contributed by atoms with Gasteiger partial charge in [-0.1, -0.05) is 26.0 Å². The van der Waals surface area contributed by atoms with E-state index in [9.17, 15) is 9.59 Å². The molecule has 1 aliphatic carbocycles. The molecule has 25 heavy (non-hydrogen) atoms. The van der Waals surface area contributed by atoms with Crippen molar-refractivity contribution in [2.24, 2.45) is 5.92 Å². The average Bonchev–Trinajstić information content (AvgIpc) is 3.21. The van der Waals surface area contributed by atoms with Gasteiger partial charge in [0.25, 0.3) is 5.91 Å². The van der Waals surface area contributed by atoms with Gasteiger partial charge in [0.05, 0.1) is 11.6 Å². The minimum absolute atomic E-state index is 0.0982. The molecule has 0 saturated heterocycles. The number of carboxylic acid groups (broad SMARTS) is 1. The van der Waals surface area contributed by atoms with Crippen LogP contribution in [0, 0.1) is 5.92 Å². The van der Waals surface area contributed by atoms with E-state index in [2.05, 4.69) is 29.5 Å². The Bertz CT molecular complexity index is 793. The molecule has 6 nitrogen and oxygen atoms in total. The molecule has 0 radical (unpaired) electrons. The van der Waals surface area contributed by atoms with E-state index in [4.69, 9.17) is 5.11 Å². The van der Waals surface area contributed by atoms with Crippen molar-refractivity contribution in [3.63, 3.8) is 0 Å². The largest absolute Gasteiger partial charge is 0.481 e. The van der Waals surface area contributed by atoms with Crippen LogP contribution in [0.15, 0.2) is 24.3 Å². The van der Waals surface area contributed by atoms with Gasteiger partial charge in [-0.2, -0.15) is 5.10 Å². The molecular weight excluding hydrogens is 318 g/mol. The Morgan fingerprint density at radius 3 is 2.64 bits per heavy atom. The minimum Gasteiger partial charge on any atom is -0.481 e. The van der Waals surface area contributed by atoms with Crippen LogP contribution in [0.25, 0.3) is 5.69 Å². The van der Waals surface area contributed by atoms with Gasteiger partial charge >= 0.3 is 5.97 Å². The smallest absolute Gasteiger partial charge is 0.308 e. The molecule has 2 aromatic rings. The van der Waals surface area contributed by atoms with Gasteiger partial charge < -0.3 is 10.4 Å². The standard InChI is InChI=1S/C19H23N3O3/c1-3-13-7-9-14(10-8-13)22-16-6-4-5-15(16)17(21-22)18(23)20-11-12(2)19(24)25/h7-10,12H,3-6,11H2,1-2H3,(H,20,23)(H,24,25). The summed E-state index contributed by atoms with van der Waals surface area (Å²) in [5.74, 6) is -1.84. The monoisotopic (exact) mass is 341 g/mol. The SMILES string of the molecule is CCc1ccc(-n2nc(C(=O)NCC(C)C(=O)O)c3c2CCC3)cc1. The van der Waals surface area contributed by atoms with Crippen LogP contribution in [-0.2, 0) is 24.1 Å². The van der Waals surface area contributed by atoms with Crippen LogP contribution >= 0.6 is 0 Å². The van der Waals surface area contributed by atoms with Crippen LogP contribution in [0.1, 0.15) is 47.6 Å². The molecule has 0 fully saturated rings. The molecule has 1 amide bonds. The zero-order chi connectivity index (χ0) is 18.0. The van der Waals surface area contributed by atoms with Gasteiger partial charge in [-0.25, -0.2) is 4.68 Å². The summed E-state index contributed by atoms with van der Waals surface area (Å²) in [6.07, 6.45) is 3.72. The van der Waals surface area contributed by atoms with Gasteiger partial charge in [-0.3, -0.25) is 9.59 Å². The number of amides is 1. The van der Waals surface area contributed by atoms with Gasteiger partial charge in [0.15, 0.2) is 5.69 Å². The predicted octanol–water partition coefficient (Wildman–Crippen LogP) is 2.37. The second-order valence-electron chi connectivity index (χ2n) is 6.51. The maximum atomic E-state index is 12.5. The van der Waals surface area contributed by atoms with Crippen molar-refractivity contribution in [1.82, 2.24) is 15.1 Å². The Labute approximate surface area is 146 Å². The number of rotatable bonds is 6. The lowest BCUT2D eigenvalue weighted by molar-refractivity contribution is -0.140. The first-order chi connectivity index (χ1) is 12.0. The van der Waals surface area contributed by atoms with Crippen molar-refractivity contribution >= 4 is 11.9 Å². The summed E-state index contributed by atoms with van der Waals surface area (Å²) in [6, 6.07) is 8.20. The second kappa shape index (κ2) is 7.09. The molecular formula is C19H23N3O3. The lowest BCUT2D eigenvalue weighted by Crippen LogP contribution is -2.32. The van der Waals surface area contributed by atoms with Gasteiger partial charge in [0, 0.05) is 17.8 Å². The molecule has 2 N–H and O–H groups in total. The highest BCUT2D eigenvalue weighted by molar-refractivity contribution is 5.94. The van der Waals surface area contributed by atoms with Gasteiger partial charge in [0.1, 0.15) is 0 Å². The molecule has 1 heterocycles. The number of aliphatic carboxylic acids is 1. The molecule has 1 aromatic heterocycles. The fraction of sp³-hybridized carbons (Fsp3) is 0.421. The fourth-order valence-corrected chi connectivity index (χ4v) is 3.12. The van der Waals surface area contributed by atoms with Crippen molar-refractivity contribution in [3.05, 3.63) is 46.8 Å². The van der Waals surface area contributed by atoms with E-state index in [0.29, 0.717) is 5.69 Å². The van der Waals surface area contributed by atoms with Gasteiger partial charge in [-0.05, 0) is 43.4 Å². The Morgan fingerprint density at radius 1 is 1.28 bits per heavy atom. The number of benzene rings is 1. The third-order valence-corrected chi connectivity index (χ3v) is 4.72. The average molecular weight is 341 g/mol. The van der Waals surface area contributed by atoms with E-state index in [1.165, 1.54) is 5.56 Å². The maximum absolute atomic E-state index is 12.5. The van der Waals surface area contributed by atoms with Crippen molar-refractivity contribution in [3.8, 4) is 5.69 Å². The Kier molecular flexibility index (Phi) is 4.88. The number of nitrogens with zero attached hydrogens (tertiary/aromatic N) is 2. The molecule has 1 unspecified atom stereocenters. The number of carbonyl (C=O) groups is 2. The number of carboxylic acids is 1. The van der Waals surface area contributed by atoms with Crippen molar-refractivity contribution in [1.29, 1.82) is 0 Å². The number of aromatic nitrogens is 2. The Morgan fingerprint density at radius 2 is 2.00 bits per heavy atom. The third-order valence-electron chi connectivity index (χ3n) is 4.72. The van der Waals surface area contributed by atoms with Crippen molar-refractivity contribution in [2.45, 2.75) is 39.5 Å². The molecule has 6 heteroatoms. The number of carbonyl (C=O) groups excluding carboxylic acids is 1. The molecule has 1 aliphatic rings. The van der Waals surface area contributed by atoms with Gasteiger partial charge in [-0.15, -0.1) is 0 Å². The lowest BCUT2D eigenvalue weighted by Gasteiger charge is -2.08. The fourth-order valence-electron chi connectivity index (χ4n) is 3.12. The number of hydrogen-bond donors (Lipinski definition) is 2. The van der Waals surface area contributed by atoms with E-state index in [1.54, 1.807) is 6.92 Å². The summed E-state index contributed by atoms with van der Waals surface area (Å²) in [6.45, 7) is 3.78. The lowest BCUT2D eigenvalue weighted by atomic mass is 10.1. The van der Waals surface area contributed by atoms with E-state index in [1.807, 2.05) is 16.8 Å². The maximum Gasteiger partial charge on any atom is 0.308 e. The van der Waals surface area contributed by atoms with E-state index >= 15 is 0 Å². The third kappa shape index (κ3) is 3.43. The van der Waals surface area contributed by atoms with Crippen molar-refractivity contribution < 1.29 is 14.7 Å². The van der Waals surface area contributed by atoms with Crippen LogP contribution in [-0.4, -0.2) is 33.3 Å². The second-order valence-corrected chi connectivity index (χ2v) is 6.51. The molecule has 3 rings (SSSR count). The number of fused-ring (bicyclic) bond motifs is 1. The summed E-state index contributed by atoms with van der Waals surface area (Å²) in [5, 5.41) is 16.2. The first-order valence-electron chi connectivity index (χ1n) is 8.72. The first kappa shape index (κ1) is 17.2. The summed E-state index contributed by atoms with van der Waals surface area (Å²) in [4.78, 5) is 23.4. The summed E-state index contributed by atoms with van der Waals surface area (Å²) in [5.41, 5.74) is 4.70. The zero-order valence-electron chi connectivity index (χ0n) is 14.6. The first-order valence-corrected chi connectivity index (χ1v) is 8.72. The number of aryl methyl sites for hydroxylation is 1. The zero-order valence-corrected chi connectivity index (χ0v) is 14.6. The topological polar surface area (TPSA) is 84.2 Å². The molecule has 0 spiro atoms. The number of hydrogen-bond acceptors (Lipinski definition) is 3. The summed E-state index contributed by atoms with van der Waals surface area (Å²) >= 11 is 0. The molecule has 1 atom stereocenters. The van der Waals surface area contributed by atoms with E-state index < -0.39 is 11.9 Å². The summed E-state index contributed by atoms with van der Waals surface area (Å²) in [7, 11) is 0. The molecule has 1 aromatic carbocycles. The molecule has 0 aliphatic heterocycles. The van der Waals surface area contributed by atoms with Crippen LogP contribution in [0.5, 0.6) is 0 Å². The van der Waals surface area contributed by atoms with E-state index in [-0.39, 0.29) is 12.5 Å². The Balaban J connectivity index is 1.86. The predicted molar refractivity (Wildman–Crippen MR) is 94.1 cm³/mol. The van der Waals surface area contributed by atoms with Crippen LogP contribution < -0.4 is 5.32 Å². The van der Waals surface area contributed by atoms with Gasteiger partial charge in [0.2, 0.25) is 0 Å². The van der Waals surface area contributed by atoms with Crippen LogP contribution in [0.2, 0.25) is 0 Å². The van der Waals surface area contributed by atoms with Crippen LogP contribution in [0.3, 0.4) is 0 Å². The highest BCUT2D eigenvalue weighted by Gasteiger charge is 2.27. The highest BCUT2D eigenvalue weighted by atomic mass is 16.4. The molecule has 0 saturated carbocycles. The summed E-state index contributed by atoms with van der Waals surface area (Å²) < 4.78 is 1.86. The minimum atomic E-state index is -0.924. The highest BCUT2D eigenvalue weighted by Crippen LogP contribution is 2.28. The normalized spacial score (nSPS) is 14.2. The molecule has 0 bridgehead atoms. The number of nitrogens with one attached hydrogen (secondary N) is 1. The van der Waals surface area contributed by atoms with Crippen molar-refractivity contribution in [2.75, 3.05) is 6.54 Å². The Hall–Kier alpha value is -2.63. The van der Waals surface area contributed by atoms with E-state index in [0.717, 1.165) is 42.6 Å². The quantitative estimate of drug-likeness (QED) is 0.845. The van der Waals surface area contributed by atoms with Crippen LogP contribution in [0.4, 0.5) is 0 Å².